The van der Waals surface area contributed by atoms with Crippen molar-refractivity contribution >= 4 is 29.3 Å². The van der Waals surface area contributed by atoms with Crippen molar-refractivity contribution in [3.63, 3.8) is 0 Å². The number of hydrogen-bond acceptors (Lipinski definition) is 3. The van der Waals surface area contributed by atoms with Gasteiger partial charge >= 0.3 is 0 Å². The maximum atomic E-state index is 5.27. The highest BCUT2D eigenvalue weighted by molar-refractivity contribution is 7.71. The van der Waals surface area contributed by atoms with Crippen LogP contribution in [-0.2, 0) is 0 Å². The Kier molecular flexibility index (Phi) is 2.78. The number of fused-ring (bicyclic) bond motifs is 1. The zero-order valence-corrected chi connectivity index (χ0v) is 12.4. The molecule has 1 saturated carbocycles. The number of rotatable bonds is 3. The van der Waals surface area contributed by atoms with E-state index in [0.717, 1.165) is 22.6 Å². The summed E-state index contributed by atoms with van der Waals surface area (Å²) >= 11 is 5.27. The standard InChI is InChI=1S/C15H15N5S/c1-9-12(11-4-2-3-5-13(11)17-9)8-16-20-14(10-6-7-10)18-19-15(20)21/h2-5,8,10,17H,6-7H2,1H3,(H,19,21)/b16-8+. The molecule has 0 radical (unpaired) electrons. The van der Waals surface area contributed by atoms with Crippen LogP contribution in [0.1, 0.15) is 35.8 Å². The molecule has 0 saturated heterocycles. The van der Waals surface area contributed by atoms with Crippen molar-refractivity contribution in [1.82, 2.24) is 19.9 Å². The van der Waals surface area contributed by atoms with Crippen molar-refractivity contribution in [2.75, 3.05) is 0 Å². The number of aromatic nitrogens is 4. The van der Waals surface area contributed by atoms with E-state index in [4.69, 9.17) is 12.2 Å². The Bertz CT molecular complexity index is 894. The summed E-state index contributed by atoms with van der Waals surface area (Å²) in [6, 6.07) is 8.22. The van der Waals surface area contributed by atoms with E-state index >= 15 is 0 Å². The maximum Gasteiger partial charge on any atom is 0.216 e. The largest absolute Gasteiger partial charge is 0.358 e. The summed E-state index contributed by atoms with van der Waals surface area (Å²) in [7, 11) is 0. The smallest absolute Gasteiger partial charge is 0.216 e. The lowest BCUT2D eigenvalue weighted by Gasteiger charge is -1.98. The number of nitrogens with zero attached hydrogens (tertiary/aromatic N) is 3. The molecule has 0 unspecified atom stereocenters. The topological polar surface area (TPSA) is 61.8 Å². The Labute approximate surface area is 126 Å². The second-order valence-corrected chi connectivity index (χ2v) is 5.81. The summed E-state index contributed by atoms with van der Waals surface area (Å²) in [6.45, 7) is 2.05. The van der Waals surface area contributed by atoms with Crippen LogP contribution < -0.4 is 0 Å². The predicted molar refractivity (Wildman–Crippen MR) is 85.4 cm³/mol. The van der Waals surface area contributed by atoms with Crippen molar-refractivity contribution in [1.29, 1.82) is 0 Å². The van der Waals surface area contributed by atoms with E-state index in [2.05, 4.69) is 39.3 Å². The summed E-state index contributed by atoms with van der Waals surface area (Å²) in [5.74, 6) is 1.44. The minimum Gasteiger partial charge on any atom is -0.358 e. The van der Waals surface area contributed by atoms with Crippen LogP contribution in [0.15, 0.2) is 29.4 Å². The zero-order valence-electron chi connectivity index (χ0n) is 11.6. The summed E-state index contributed by atoms with van der Waals surface area (Å²) in [4.78, 5) is 3.37. The van der Waals surface area contributed by atoms with Crippen LogP contribution >= 0.6 is 12.2 Å². The first kappa shape index (κ1) is 12.5. The lowest BCUT2D eigenvalue weighted by Crippen LogP contribution is -1.97. The molecule has 0 bridgehead atoms. The van der Waals surface area contributed by atoms with Crippen molar-refractivity contribution in [3.05, 3.63) is 46.1 Å². The third-order valence-corrected chi connectivity index (χ3v) is 4.13. The van der Waals surface area contributed by atoms with E-state index in [9.17, 15) is 0 Å². The van der Waals surface area contributed by atoms with Crippen LogP contribution in [-0.4, -0.2) is 26.1 Å². The van der Waals surface area contributed by atoms with Crippen LogP contribution in [0, 0.1) is 11.7 Å². The van der Waals surface area contributed by atoms with Gasteiger partial charge in [0.05, 0.1) is 6.21 Å². The van der Waals surface area contributed by atoms with Crippen molar-refractivity contribution in [2.24, 2.45) is 5.10 Å². The highest BCUT2D eigenvalue weighted by Crippen LogP contribution is 2.38. The second-order valence-electron chi connectivity index (χ2n) is 5.43. The molecule has 4 rings (SSSR count). The first-order chi connectivity index (χ1) is 10.2. The second kappa shape index (κ2) is 4.66. The van der Waals surface area contributed by atoms with E-state index in [-0.39, 0.29) is 0 Å². The molecule has 1 aliphatic rings. The first-order valence-corrected chi connectivity index (χ1v) is 7.44. The van der Waals surface area contributed by atoms with Gasteiger partial charge in [-0.15, -0.1) is 0 Å². The maximum absolute atomic E-state index is 5.27. The number of H-pyrrole nitrogens is 2. The predicted octanol–water partition coefficient (Wildman–Crippen LogP) is 3.49. The molecule has 1 fully saturated rings. The minimum atomic E-state index is 0.499. The molecule has 6 heteroatoms. The highest BCUT2D eigenvalue weighted by atomic mass is 32.1. The molecule has 0 atom stereocenters. The van der Waals surface area contributed by atoms with Gasteiger partial charge in [0, 0.05) is 28.1 Å². The fourth-order valence-electron chi connectivity index (χ4n) is 2.60. The molecule has 3 aromatic rings. The highest BCUT2D eigenvalue weighted by Gasteiger charge is 2.29. The summed E-state index contributed by atoms with van der Waals surface area (Å²) in [5, 5.41) is 12.8. The summed E-state index contributed by atoms with van der Waals surface area (Å²) in [5.41, 5.74) is 3.31. The van der Waals surface area contributed by atoms with Crippen LogP contribution in [0.2, 0.25) is 0 Å². The molecule has 5 nitrogen and oxygen atoms in total. The van der Waals surface area contributed by atoms with Gasteiger partial charge in [-0.3, -0.25) is 5.10 Å². The average Bonchev–Trinajstić information content (AvgIpc) is 3.18. The van der Waals surface area contributed by atoms with Gasteiger partial charge in [-0.25, -0.2) is 0 Å². The molecule has 0 aliphatic heterocycles. The Morgan fingerprint density at radius 1 is 1.38 bits per heavy atom. The van der Waals surface area contributed by atoms with Gasteiger partial charge in [0.1, 0.15) is 0 Å². The number of hydrogen-bond donors (Lipinski definition) is 2. The molecule has 2 heterocycles. The van der Waals surface area contributed by atoms with Gasteiger partial charge in [0.25, 0.3) is 0 Å². The fourth-order valence-corrected chi connectivity index (χ4v) is 2.79. The van der Waals surface area contributed by atoms with Gasteiger partial charge in [-0.1, -0.05) is 18.2 Å². The minimum absolute atomic E-state index is 0.499. The molecule has 21 heavy (non-hydrogen) atoms. The number of benzene rings is 1. The average molecular weight is 297 g/mol. The molecule has 2 aromatic heterocycles. The Morgan fingerprint density at radius 3 is 3.00 bits per heavy atom. The van der Waals surface area contributed by atoms with Gasteiger partial charge < -0.3 is 4.98 Å². The molecule has 1 aliphatic carbocycles. The van der Waals surface area contributed by atoms with Gasteiger partial charge in [-0.2, -0.15) is 14.9 Å². The monoisotopic (exact) mass is 297 g/mol. The lowest BCUT2D eigenvalue weighted by molar-refractivity contribution is 0.773. The van der Waals surface area contributed by atoms with Crippen LogP contribution in [0.25, 0.3) is 10.9 Å². The zero-order chi connectivity index (χ0) is 14.4. The first-order valence-electron chi connectivity index (χ1n) is 7.03. The van der Waals surface area contributed by atoms with Crippen molar-refractivity contribution in [3.8, 4) is 0 Å². The SMILES string of the molecule is Cc1[nH]c2ccccc2c1/C=N/n1c(C2CC2)n[nH]c1=S. The Morgan fingerprint density at radius 2 is 2.19 bits per heavy atom. The van der Waals surface area contributed by atoms with E-state index < -0.39 is 0 Å². The molecule has 106 valence electrons. The van der Waals surface area contributed by atoms with E-state index in [0.29, 0.717) is 10.7 Å². The van der Waals surface area contributed by atoms with Crippen molar-refractivity contribution in [2.45, 2.75) is 25.7 Å². The molecule has 0 amide bonds. The Hall–Kier alpha value is -2.21. The third-order valence-electron chi connectivity index (χ3n) is 3.86. The quantitative estimate of drug-likeness (QED) is 0.574. The molecule has 1 aromatic carbocycles. The van der Waals surface area contributed by atoms with Crippen molar-refractivity contribution < 1.29 is 0 Å². The van der Waals surface area contributed by atoms with Crippen LogP contribution in [0.5, 0.6) is 0 Å². The third kappa shape index (κ3) is 2.12. The number of aryl methyl sites for hydroxylation is 1. The van der Waals surface area contributed by atoms with Crippen LogP contribution in [0.3, 0.4) is 0 Å². The molecule has 0 spiro atoms. The number of nitrogens with one attached hydrogen (secondary N) is 2. The summed E-state index contributed by atoms with van der Waals surface area (Å²) in [6.07, 6.45) is 4.20. The van der Waals surface area contributed by atoms with E-state index in [1.165, 1.54) is 18.2 Å². The molecular formula is C15H15N5S. The Balaban J connectivity index is 1.79. The summed E-state index contributed by atoms with van der Waals surface area (Å²) < 4.78 is 2.29. The van der Waals surface area contributed by atoms with Gasteiger partial charge in [0.2, 0.25) is 4.77 Å². The fraction of sp³-hybridized carbons (Fsp3) is 0.267. The van der Waals surface area contributed by atoms with E-state index in [1.807, 2.05) is 18.3 Å². The normalized spacial score (nSPS) is 15.3. The van der Waals surface area contributed by atoms with Gasteiger partial charge in [0.15, 0.2) is 5.82 Å². The van der Waals surface area contributed by atoms with Crippen LogP contribution in [0.4, 0.5) is 0 Å². The lowest BCUT2D eigenvalue weighted by atomic mass is 10.1. The molecule has 2 N–H and O–H groups in total. The van der Waals surface area contributed by atoms with E-state index in [1.54, 1.807) is 4.68 Å². The molecular weight excluding hydrogens is 282 g/mol. The van der Waals surface area contributed by atoms with Gasteiger partial charge in [-0.05, 0) is 38.0 Å². The number of aromatic amines is 2. The number of para-hydroxylation sites is 1.